The van der Waals surface area contributed by atoms with Crippen molar-refractivity contribution in [3.63, 3.8) is 0 Å². The monoisotopic (exact) mass is 204 g/mol. The third-order valence-electron chi connectivity index (χ3n) is 3.32. The van der Waals surface area contributed by atoms with Gasteiger partial charge in [-0.15, -0.1) is 0 Å². The minimum atomic E-state index is 0.381. The smallest absolute Gasteiger partial charge is 0.0570 e. The average molecular weight is 204 g/mol. The first-order chi connectivity index (χ1) is 7.36. The van der Waals surface area contributed by atoms with E-state index in [-0.39, 0.29) is 0 Å². The van der Waals surface area contributed by atoms with E-state index in [1.807, 2.05) is 12.3 Å². The molecule has 1 N–H and O–H groups in total. The van der Waals surface area contributed by atoms with Gasteiger partial charge in [0.1, 0.15) is 0 Å². The first-order valence-electron chi connectivity index (χ1n) is 6.00. The third kappa shape index (κ3) is 3.03. The number of aromatic nitrogens is 1. The van der Waals surface area contributed by atoms with E-state index >= 15 is 0 Å². The summed E-state index contributed by atoms with van der Waals surface area (Å²) < 4.78 is 0. The van der Waals surface area contributed by atoms with Crippen molar-refractivity contribution in [2.24, 2.45) is 5.92 Å². The Balaban J connectivity index is 1.79. The Kier molecular flexibility index (Phi) is 3.73. The summed E-state index contributed by atoms with van der Waals surface area (Å²) >= 11 is 0. The van der Waals surface area contributed by atoms with Crippen molar-refractivity contribution in [3.8, 4) is 0 Å². The number of hydrogen-bond acceptors (Lipinski definition) is 2. The molecule has 1 aliphatic carbocycles. The summed E-state index contributed by atoms with van der Waals surface area (Å²) in [5.41, 5.74) is 1.15. The number of rotatable bonds is 4. The van der Waals surface area contributed by atoms with Crippen LogP contribution < -0.4 is 5.32 Å². The zero-order chi connectivity index (χ0) is 10.5. The average Bonchev–Trinajstić information content (AvgIpc) is 2.80. The lowest BCUT2D eigenvalue weighted by atomic mass is 10.1. The zero-order valence-corrected chi connectivity index (χ0v) is 9.45. The van der Waals surface area contributed by atoms with Crippen molar-refractivity contribution in [2.45, 2.75) is 38.6 Å². The van der Waals surface area contributed by atoms with Gasteiger partial charge in [-0.05, 0) is 44.4 Å². The molecule has 0 saturated heterocycles. The molecule has 0 spiro atoms. The van der Waals surface area contributed by atoms with Crippen molar-refractivity contribution < 1.29 is 0 Å². The SMILES string of the molecule is C[C@@H](NCC1CCCC1)c1ccccn1. The zero-order valence-electron chi connectivity index (χ0n) is 9.45. The second-order valence-electron chi connectivity index (χ2n) is 4.54. The van der Waals surface area contributed by atoms with Crippen LogP contribution in [0.15, 0.2) is 24.4 Å². The van der Waals surface area contributed by atoms with Gasteiger partial charge in [0.15, 0.2) is 0 Å². The van der Waals surface area contributed by atoms with Crippen LogP contribution >= 0.6 is 0 Å². The molecule has 1 aliphatic rings. The van der Waals surface area contributed by atoms with Gasteiger partial charge in [0.25, 0.3) is 0 Å². The Morgan fingerprint density at radius 1 is 1.40 bits per heavy atom. The van der Waals surface area contributed by atoms with Crippen molar-refractivity contribution in [3.05, 3.63) is 30.1 Å². The highest BCUT2D eigenvalue weighted by atomic mass is 14.9. The summed E-state index contributed by atoms with van der Waals surface area (Å²) in [7, 11) is 0. The molecule has 15 heavy (non-hydrogen) atoms. The minimum absolute atomic E-state index is 0.381. The Labute approximate surface area is 92.1 Å². The molecule has 2 rings (SSSR count). The molecule has 82 valence electrons. The highest BCUT2D eigenvalue weighted by molar-refractivity contribution is 5.07. The van der Waals surface area contributed by atoms with Crippen molar-refractivity contribution >= 4 is 0 Å². The van der Waals surface area contributed by atoms with Gasteiger partial charge in [-0.1, -0.05) is 18.9 Å². The molecule has 0 amide bonds. The normalized spacial score (nSPS) is 19.3. The highest BCUT2D eigenvalue weighted by Crippen LogP contribution is 2.24. The van der Waals surface area contributed by atoms with E-state index in [2.05, 4.69) is 29.4 Å². The fourth-order valence-corrected chi connectivity index (χ4v) is 2.29. The van der Waals surface area contributed by atoms with Gasteiger partial charge in [0.05, 0.1) is 5.69 Å². The molecule has 0 aliphatic heterocycles. The maximum Gasteiger partial charge on any atom is 0.0570 e. The summed E-state index contributed by atoms with van der Waals surface area (Å²) in [5, 5.41) is 3.58. The molecule has 0 unspecified atom stereocenters. The Morgan fingerprint density at radius 2 is 2.20 bits per heavy atom. The van der Waals surface area contributed by atoms with E-state index < -0.39 is 0 Å². The van der Waals surface area contributed by atoms with Crippen molar-refractivity contribution in [1.29, 1.82) is 0 Å². The van der Waals surface area contributed by atoms with Crippen LogP contribution in [0.1, 0.15) is 44.3 Å². The fraction of sp³-hybridized carbons (Fsp3) is 0.615. The molecule has 2 heteroatoms. The summed E-state index contributed by atoms with van der Waals surface area (Å²) in [4.78, 5) is 4.36. The van der Waals surface area contributed by atoms with Gasteiger partial charge in [0.2, 0.25) is 0 Å². The summed E-state index contributed by atoms with van der Waals surface area (Å²) in [6.45, 7) is 3.34. The standard InChI is InChI=1S/C13H20N2/c1-11(13-8-4-5-9-14-13)15-10-12-6-2-3-7-12/h4-5,8-9,11-12,15H,2-3,6-7,10H2,1H3/t11-/m1/s1. The van der Waals surface area contributed by atoms with Gasteiger partial charge in [-0.25, -0.2) is 0 Å². The van der Waals surface area contributed by atoms with Crippen molar-refractivity contribution in [2.75, 3.05) is 6.54 Å². The van der Waals surface area contributed by atoms with Crippen LogP contribution in [0.4, 0.5) is 0 Å². The lowest BCUT2D eigenvalue weighted by molar-refractivity contribution is 0.448. The van der Waals surface area contributed by atoms with Gasteiger partial charge in [-0.3, -0.25) is 4.98 Å². The Hall–Kier alpha value is -0.890. The van der Waals surface area contributed by atoms with E-state index in [1.54, 1.807) is 0 Å². The largest absolute Gasteiger partial charge is 0.309 e. The summed E-state index contributed by atoms with van der Waals surface area (Å²) in [6, 6.07) is 6.49. The molecule has 1 heterocycles. The quantitative estimate of drug-likeness (QED) is 0.815. The molecule has 0 aromatic carbocycles. The highest BCUT2D eigenvalue weighted by Gasteiger charge is 2.15. The van der Waals surface area contributed by atoms with Crippen LogP contribution in [0, 0.1) is 5.92 Å². The van der Waals surface area contributed by atoms with E-state index in [0.29, 0.717) is 6.04 Å². The van der Waals surface area contributed by atoms with Crippen LogP contribution in [0.5, 0.6) is 0 Å². The molecule has 1 atom stereocenters. The topological polar surface area (TPSA) is 24.9 Å². The van der Waals surface area contributed by atoms with Gasteiger partial charge < -0.3 is 5.32 Å². The first kappa shape index (κ1) is 10.6. The predicted molar refractivity (Wildman–Crippen MR) is 62.6 cm³/mol. The van der Waals surface area contributed by atoms with Gasteiger partial charge in [0, 0.05) is 12.2 Å². The lowest BCUT2D eigenvalue weighted by Crippen LogP contribution is -2.25. The molecule has 1 saturated carbocycles. The van der Waals surface area contributed by atoms with Gasteiger partial charge in [-0.2, -0.15) is 0 Å². The molecule has 2 nitrogen and oxygen atoms in total. The molecule has 1 aromatic rings. The summed E-state index contributed by atoms with van der Waals surface area (Å²) in [5.74, 6) is 0.899. The lowest BCUT2D eigenvalue weighted by Gasteiger charge is -2.16. The second-order valence-corrected chi connectivity index (χ2v) is 4.54. The van der Waals surface area contributed by atoms with Crippen molar-refractivity contribution in [1.82, 2.24) is 10.3 Å². The summed E-state index contributed by atoms with van der Waals surface area (Å²) in [6.07, 6.45) is 7.52. The Bertz CT molecular complexity index is 278. The molecular weight excluding hydrogens is 184 g/mol. The number of nitrogens with one attached hydrogen (secondary N) is 1. The van der Waals surface area contributed by atoms with Crippen LogP contribution in [0.25, 0.3) is 0 Å². The molecule has 1 aromatic heterocycles. The molecule has 1 fully saturated rings. The molecular formula is C13H20N2. The minimum Gasteiger partial charge on any atom is -0.309 e. The van der Waals surface area contributed by atoms with E-state index in [1.165, 1.54) is 25.7 Å². The first-order valence-corrected chi connectivity index (χ1v) is 6.00. The maximum atomic E-state index is 4.36. The number of pyridine rings is 1. The van der Waals surface area contributed by atoms with E-state index in [4.69, 9.17) is 0 Å². The number of nitrogens with zero attached hydrogens (tertiary/aromatic N) is 1. The van der Waals surface area contributed by atoms with Crippen LogP contribution in [-0.2, 0) is 0 Å². The van der Waals surface area contributed by atoms with Crippen LogP contribution in [0.3, 0.4) is 0 Å². The number of hydrogen-bond donors (Lipinski definition) is 1. The second kappa shape index (κ2) is 5.26. The fourth-order valence-electron chi connectivity index (χ4n) is 2.29. The van der Waals surface area contributed by atoms with Crippen LogP contribution in [-0.4, -0.2) is 11.5 Å². The van der Waals surface area contributed by atoms with E-state index in [9.17, 15) is 0 Å². The third-order valence-corrected chi connectivity index (χ3v) is 3.32. The molecule has 0 bridgehead atoms. The predicted octanol–water partition coefficient (Wildman–Crippen LogP) is 2.92. The van der Waals surface area contributed by atoms with E-state index in [0.717, 1.165) is 18.2 Å². The van der Waals surface area contributed by atoms with Crippen LogP contribution in [0.2, 0.25) is 0 Å². The van der Waals surface area contributed by atoms with Gasteiger partial charge >= 0.3 is 0 Å². The Morgan fingerprint density at radius 3 is 2.87 bits per heavy atom. The molecule has 0 radical (unpaired) electrons. The maximum absolute atomic E-state index is 4.36.